The maximum absolute atomic E-state index is 3.71. The highest BCUT2D eigenvalue weighted by molar-refractivity contribution is 8.03. The van der Waals surface area contributed by atoms with Crippen LogP contribution >= 0.6 is 11.8 Å². The molecule has 0 unspecified atom stereocenters. The highest BCUT2D eigenvalue weighted by Crippen LogP contribution is 2.30. The van der Waals surface area contributed by atoms with E-state index in [4.69, 9.17) is 0 Å². The van der Waals surface area contributed by atoms with Gasteiger partial charge in [0.1, 0.15) is 0 Å². The van der Waals surface area contributed by atoms with Crippen molar-refractivity contribution in [3.05, 3.63) is 23.3 Å². The molecular formula is C8H13NS. The predicted octanol–water partition coefficient (Wildman–Crippen LogP) is 2.43. The summed E-state index contributed by atoms with van der Waals surface area (Å²) in [5, 5.41) is 0. The minimum atomic E-state index is 0.982. The van der Waals surface area contributed by atoms with Crippen molar-refractivity contribution in [2.24, 2.45) is 0 Å². The first-order chi connectivity index (χ1) is 4.75. The van der Waals surface area contributed by atoms with Gasteiger partial charge < -0.3 is 4.90 Å². The molecule has 1 aliphatic heterocycles. The lowest BCUT2D eigenvalue weighted by atomic mass is 10.4. The largest absolute Gasteiger partial charge is 0.361 e. The van der Waals surface area contributed by atoms with E-state index in [-0.39, 0.29) is 0 Å². The third kappa shape index (κ3) is 1.37. The Hall–Kier alpha value is -0.370. The van der Waals surface area contributed by atoms with Crippen molar-refractivity contribution < 1.29 is 0 Å². The lowest BCUT2D eigenvalue weighted by molar-refractivity contribution is 0.456. The summed E-state index contributed by atoms with van der Waals surface area (Å²) in [6, 6.07) is 0. The van der Waals surface area contributed by atoms with Crippen molar-refractivity contribution in [2.45, 2.75) is 13.8 Å². The second-order valence-electron chi connectivity index (χ2n) is 2.43. The van der Waals surface area contributed by atoms with Gasteiger partial charge in [-0.15, -0.1) is 18.3 Å². The van der Waals surface area contributed by atoms with Crippen LogP contribution in [0.3, 0.4) is 0 Å². The zero-order valence-electron chi connectivity index (χ0n) is 6.55. The summed E-state index contributed by atoms with van der Waals surface area (Å²) in [5.74, 6) is 1.10. The maximum atomic E-state index is 3.71. The number of nitrogens with zero attached hydrogens (tertiary/aromatic N) is 1. The van der Waals surface area contributed by atoms with Gasteiger partial charge in [0.2, 0.25) is 0 Å². The molecule has 0 bridgehead atoms. The molecule has 1 nitrogen and oxygen atoms in total. The summed E-state index contributed by atoms with van der Waals surface area (Å²) >= 11 is 1.91. The molecule has 2 heteroatoms. The molecule has 0 aromatic heterocycles. The van der Waals surface area contributed by atoms with Crippen molar-refractivity contribution in [3.8, 4) is 0 Å². The van der Waals surface area contributed by atoms with Crippen molar-refractivity contribution in [1.82, 2.24) is 4.90 Å². The van der Waals surface area contributed by atoms with Crippen LogP contribution in [0.2, 0.25) is 0 Å². The topological polar surface area (TPSA) is 3.24 Å². The van der Waals surface area contributed by atoms with Gasteiger partial charge in [-0.25, -0.2) is 0 Å². The van der Waals surface area contributed by atoms with Crippen molar-refractivity contribution in [1.29, 1.82) is 0 Å². The Bertz CT molecular complexity index is 172. The first kappa shape index (κ1) is 7.73. The van der Waals surface area contributed by atoms with E-state index in [9.17, 15) is 0 Å². The second-order valence-corrected chi connectivity index (χ2v) is 3.59. The lowest BCUT2D eigenvalue weighted by Crippen LogP contribution is -2.16. The number of thioether (sulfide) groups is 1. The number of hydrogen-bond acceptors (Lipinski definition) is 2. The molecule has 0 spiro atoms. The maximum Gasteiger partial charge on any atom is 0.0683 e. The molecule has 56 valence electrons. The molecule has 0 aromatic rings. The van der Waals surface area contributed by atoms with Gasteiger partial charge >= 0.3 is 0 Å². The van der Waals surface area contributed by atoms with Crippen LogP contribution in [0.25, 0.3) is 0 Å². The first-order valence-corrected chi connectivity index (χ1v) is 4.40. The van der Waals surface area contributed by atoms with Gasteiger partial charge in [0.15, 0.2) is 0 Å². The minimum Gasteiger partial charge on any atom is -0.361 e. The van der Waals surface area contributed by atoms with Crippen LogP contribution in [0.5, 0.6) is 0 Å². The molecular weight excluding hydrogens is 142 g/mol. The fraction of sp³-hybridized carbons (Fsp3) is 0.500. The lowest BCUT2D eigenvalue weighted by Gasteiger charge is -2.15. The summed E-state index contributed by atoms with van der Waals surface area (Å²) in [4.78, 5) is 3.77. The standard InChI is InChI=1S/C8H13NS/c1-4-5-9-6-10-8(3)7(9)2/h4H,1,5-6H2,2-3H3. The van der Waals surface area contributed by atoms with Gasteiger partial charge in [0, 0.05) is 17.1 Å². The highest BCUT2D eigenvalue weighted by Gasteiger charge is 2.13. The molecule has 0 aromatic carbocycles. The Labute approximate surface area is 66.8 Å². The molecule has 0 amide bonds. The molecule has 0 N–H and O–H groups in total. The van der Waals surface area contributed by atoms with Crippen LogP contribution in [0.15, 0.2) is 23.3 Å². The van der Waals surface area contributed by atoms with Crippen LogP contribution in [-0.2, 0) is 0 Å². The normalized spacial score (nSPS) is 18.4. The van der Waals surface area contributed by atoms with E-state index >= 15 is 0 Å². The van der Waals surface area contributed by atoms with Crippen LogP contribution in [0.1, 0.15) is 13.8 Å². The van der Waals surface area contributed by atoms with E-state index in [0.29, 0.717) is 0 Å². The van der Waals surface area contributed by atoms with E-state index in [1.807, 2.05) is 17.8 Å². The molecule has 1 heterocycles. The average Bonchev–Trinajstić information content (AvgIpc) is 2.20. The second kappa shape index (κ2) is 3.15. The summed E-state index contributed by atoms with van der Waals surface area (Å²) in [6.07, 6.45) is 1.95. The zero-order valence-corrected chi connectivity index (χ0v) is 7.37. The van der Waals surface area contributed by atoms with Gasteiger partial charge in [-0.1, -0.05) is 6.08 Å². The summed E-state index contributed by atoms with van der Waals surface area (Å²) in [6.45, 7) is 9.03. The number of allylic oxidation sites excluding steroid dienone is 2. The molecule has 0 fully saturated rings. The molecule has 1 aliphatic rings. The average molecular weight is 155 g/mol. The van der Waals surface area contributed by atoms with Crippen LogP contribution in [-0.4, -0.2) is 17.3 Å². The van der Waals surface area contributed by atoms with Crippen LogP contribution in [0.4, 0.5) is 0 Å². The fourth-order valence-corrected chi connectivity index (χ4v) is 1.93. The summed E-state index contributed by atoms with van der Waals surface area (Å²) < 4.78 is 0. The zero-order chi connectivity index (χ0) is 7.56. The Kier molecular flexibility index (Phi) is 2.44. The molecule has 0 aliphatic carbocycles. The van der Waals surface area contributed by atoms with Crippen molar-refractivity contribution >= 4 is 11.8 Å². The third-order valence-corrected chi connectivity index (χ3v) is 2.94. The van der Waals surface area contributed by atoms with E-state index in [1.54, 1.807) is 0 Å². The van der Waals surface area contributed by atoms with Gasteiger partial charge in [-0.05, 0) is 13.8 Å². The van der Waals surface area contributed by atoms with Gasteiger partial charge in [-0.3, -0.25) is 0 Å². The summed E-state index contributed by atoms with van der Waals surface area (Å²) in [7, 11) is 0. The van der Waals surface area contributed by atoms with E-state index in [1.165, 1.54) is 10.6 Å². The molecule has 1 rings (SSSR count). The Morgan fingerprint density at radius 1 is 1.70 bits per heavy atom. The molecule has 0 saturated heterocycles. The first-order valence-electron chi connectivity index (χ1n) is 3.42. The van der Waals surface area contributed by atoms with E-state index in [2.05, 4.69) is 25.3 Å². The van der Waals surface area contributed by atoms with Gasteiger partial charge in [-0.2, -0.15) is 0 Å². The molecule has 0 radical (unpaired) electrons. The van der Waals surface area contributed by atoms with Crippen molar-refractivity contribution in [2.75, 3.05) is 12.4 Å². The van der Waals surface area contributed by atoms with Crippen LogP contribution in [0, 0.1) is 0 Å². The smallest absolute Gasteiger partial charge is 0.0683 e. The highest BCUT2D eigenvalue weighted by atomic mass is 32.2. The SMILES string of the molecule is C=CCN1CSC(C)=C1C. The van der Waals surface area contributed by atoms with Gasteiger partial charge in [0.25, 0.3) is 0 Å². The molecule has 0 saturated carbocycles. The minimum absolute atomic E-state index is 0.982. The predicted molar refractivity (Wildman–Crippen MR) is 47.7 cm³/mol. The van der Waals surface area contributed by atoms with Crippen molar-refractivity contribution in [3.63, 3.8) is 0 Å². The molecule has 0 atom stereocenters. The van der Waals surface area contributed by atoms with E-state index < -0.39 is 0 Å². The Balaban J connectivity index is 2.58. The van der Waals surface area contributed by atoms with Crippen LogP contribution < -0.4 is 0 Å². The quantitative estimate of drug-likeness (QED) is 0.563. The Morgan fingerprint density at radius 2 is 2.40 bits per heavy atom. The number of rotatable bonds is 2. The van der Waals surface area contributed by atoms with Gasteiger partial charge in [0.05, 0.1) is 5.88 Å². The Morgan fingerprint density at radius 3 is 2.80 bits per heavy atom. The summed E-state index contributed by atoms with van der Waals surface area (Å²) in [5.41, 5.74) is 1.41. The third-order valence-electron chi connectivity index (χ3n) is 1.77. The number of hydrogen-bond donors (Lipinski definition) is 0. The molecule has 10 heavy (non-hydrogen) atoms. The monoisotopic (exact) mass is 155 g/mol. The fourth-order valence-electron chi connectivity index (χ4n) is 0.944. The van der Waals surface area contributed by atoms with E-state index in [0.717, 1.165) is 12.4 Å².